The van der Waals surface area contributed by atoms with Gasteiger partial charge in [-0.05, 0) is 44.0 Å². The molecule has 0 atom stereocenters. The molecule has 0 spiro atoms. The van der Waals surface area contributed by atoms with Crippen molar-refractivity contribution >= 4 is 12.0 Å². The summed E-state index contributed by atoms with van der Waals surface area (Å²) in [5.41, 5.74) is 0. The highest BCUT2D eigenvalue weighted by atomic mass is 16.5. The molecule has 1 aromatic rings. The lowest BCUT2D eigenvalue weighted by molar-refractivity contribution is -0.145. The van der Waals surface area contributed by atoms with E-state index in [4.69, 9.17) is 9.15 Å². The van der Waals surface area contributed by atoms with Crippen molar-refractivity contribution in [1.82, 2.24) is 4.90 Å². The van der Waals surface area contributed by atoms with Gasteiger partial charge >= 0.3 is 5.97 Å². The molecule has 4 nitrogen and oxygen atoms in total. The lowest BCUT2D eigenvalue weighted by atomic mass is 10.1. The topological polar surface area (TPSA) is 42.7 Å². The number of hydrogen-bond donors (Lipinski definition) is 0. The number of likely N-dealkylation sites (tertiary alicyclic amines) is 1. The van der Waals surface area contributed by atoms with E-state index in [2.05, 4.69) is 11.8 Å². The first-order valence-electron chi connectivity index (χ1n) is 6.92. The number of esters is 1. The van der Waals surface area contributed by atoms with Gasteiger partial charge in [0.1, 0.15) is 11.9 Å². The van der Waals surface area contributed by atoms with Gasteiger partial charge in [-0.3, -0.25) is 0 Å². The molecule has 1 aromatic heterocycles. The molecule has 2 heterocycles. The van der Waals surface area contributed by atoms with Gasteiger partial charge in [-0.25, -0.2) is 4.79 Å². The number of carbonyl (C=O) groups excluding carboxylic acids is 1. The van der Waals surface area contributed by atoms with Crippen LogP contribution in [0.25, 0.3) is 6.08 Å². The SMILES string of the molecule is CCCN1CCC(OC(=O)/C=C/c2ccco2)CC1. The van der Waals surface area contributed by atoms with Crippen molar-refractivity contribution in [3.05, 3.63) is 30.2 Å². The zero-order valence-electron chi connectivity index (χ0n) is 11.4. The van der Waals surface area contributed by atoms with Gasteiger partial charge in [0.05, 0.1) is 6.26 Å². The molecular weight excluding hydrogens is 242 g/mol. The summed E-state index contributed by atoms with van der Waals surface area (Å²) in [4.78, 5) is 14.1. The smallest absolute Gasteiger partial charge is 0.331 e. The quantitative estimate of drug-likeness (QED) is 0.605. The van der Waals surface area contributed by atoms with Gasteiger partial charge < -0.3 is 14.1 Å². The third kappa shape index (κ3) is 4.56. The molecule has 0 N–H and O–H groups in total. The van der Waals surface area contributed by atoms with E-state index in [0.717, 1.165) is 32.5 Å². The van der Waals surface area contributed by atoms with E-state index < -0.39 is 0 Å². The summed E-state index contributed by atoms with van der Waals surface area (Å²) in [5.74, 6) is 0.375. The molecule has 0 bridgehead atoms. The minimum absolute atomic E-state index is 0.0573. The fourth-order valence-corrected chi connectivity index (χ4v) is 2.31. The highest BCUT2D eigenvalue weighted by molar-refractivity contribution is 5.86. The second-order valence-electron chi connectivity index (χ2n) is 4.83. The zero-order chi connectivity index (χ0) is 13.5. The summed E-state index contributed by atoms with van der Waals surface area (Å²) >= 11 is 0. The fourth-order valence-electron chi connectivity index (χ4n) is 2.31. The summed E-state index contributed by atoms with van der Waals surface area (Å²) in [6.07, 6.45) is 7.74. The van der Waals surface area contributed by atoms with Gasteiger partial charge in [-0.15, -0.1) is 0 Å². The lowest BCUT2D eigenvalue weighted by Gasteiger charge is -2.31. The van der Waals surface area contributed by atoms with Crippen LogP contribution >= 0.6 is 0 Å². The molecule has 0 radical (unpaired) electrons. The van der Waals surface area contributed by atoms with Crippen LogP contribution in [0.5, 0.6) is 0 Å². The van der Waals surface area contributed by atoms with Gasteiger partial charge in [0.15, 0.2) is 0 Å². The van der Waals surface area contributed by atoms with Gasteiger partial charge in [0.2, 0.25) is 0 Å². The van der Waals surface area contributed by atoms with Crippen LogP contribution in [0.2, 0.25) is 0 Å². The Labute approximate surface area is 114 Å². The Morgan fingerprint density at radius 1 is 1.53 bits per heavy atom. The van der Waals surface area contributed by atoms with Gasteiger partial charge in [0, 0.05) is 19.2 Å². The Hall–Kier alpha value is -1.55. The van der Waals surface area contributed by atoms with Gasteiger partial charge in [-0.1, -0.05) is 6.92 Å². The first kappa shape index (κ1) is 13.9. The number of nitrogens with zero attached hydrogens (tertiary/aromatic N) is 1. The van der Waals surface area contributed by atoms with E-state index in [0.29, 0.717) is 5.76 Å². The Kier molecular flexibility index (Phi) is 5.21. The second kappa shape index (κ2) is 7.14. The van der Waals surface area contributed by atoms with Crippen molar-refractivity contribution in [2.24, 2.45) is 0 Å². The van der Waals surface area contributed by atoms with E-state index in [1.165, 1.54) is 12.5 Å². The van der Waals surface area contributed by atoms with Crippen LogP contribution in [0.3, 0.4) is 0 Å². The molecule has 0 aromatic carbocycles. The van der Waals surface area contributed by atoms with Gasteiger partial charge in [-0.2, -0.15) is 0 Å². The summed E-state index contributed by atoms with van der Waals surface area (Å²) in [6.45, 7) is 5.37. The second-order valence-corrected chi connectivity index (χ2v) is 4.83. The summed E-state index contributed by atoms with van der Waals surface area (Å²) in [6, 6.07) is 3.58. The average molecular weight is 263 g/mol. The van der Waals surface area contributed by atoms with Crippen LogP contribution in [-0.2, 0) is 9.53 Å². The third-order valence-electron chi connectivity index (χ3n) is 3.28. The number of piperidine rings is 1. The number of ether oxygens (including phenoxy) is 1. The predicted octanol–water partition coefficient (Wildman–Crippen LogP) is 2.71. The minimum atomic E-state index is -0.287. The van der Waals surface area contributed by atoms with Crippen molar-refractivity contribution in [1.29, 1.82) is 0 Å². The summed E-state index contributed by atoms with van der Waals surface area (Å²) in [7, 11) is 0. The number of carbonyl (C=O) groups is 1. The van der Waals surface area contributed by atoms with Crippen molar-refractivity contribution in [2.75, 3.05) is 19.6 Å². The van der Waals surface area contributed by atoms with E-state index in [9.17, 15) is 4.79 Å². The molecule has 0 unspecified atom stereocenters. The Morgan fingerprint density at radius 2 is 2.32 bits per heavy atom. The molecule has 1 aliphatic rings. The number of furan rings is 1. The van der Waals surface area contributed by atoms with Crippen LogP contribution < -0.4 is 0 Å². The van der Waals surface area contributed by atoms with Crippen LogP contribution in [0.15, 0.2) is 28.9 Å². The highest BCUT2D eigenvalue weighted by Crippen LogP contribution is 2.14. The molecule has 19 heavy (non-hydrogen) atoms. The van der Waals surface area contributed by atoms with E-state index in [1.807, 2.05) is 0 Å². The first-order chi connectivity index (χ1) is 9.28. The minimum Gasteiger partial charge on any atom is -0.465 e. The van der Waals surface area contributed by atoms with Crippen LogP contribution in [-0.4, -0.2) is 36.6 Å². The first-order valence-corrected chi connectivity index (χ1v) is 6.92. The maximum atomic E-state index is 11.6. The molecule has 1 aliphatic heterocycles. The summed E-state index contributed by atoms with van der Waals surface area (Å²) < 4.78 is 10.5. The molecule has 4 heteroatoms. The van der Waals surface area contributed by atoms with E-state index in [1.54, 1.807) is 24.5 Å². The van der Waals surface area contributed by atoms with Crippen LogP contribution in [0.1, 0.15) is 31.9 Å². The zero-order valence-corrected chi connectivity index (χ0v) is 11.4. The molecule has 2 rings (SSSR count). The highest BCUT2D eigenvalue weighted by Gasteiger charge is 2.20. The van der Waals surface area contributed by atoms with Crippen molar-refractivity contribution in [2.45, 2.75) is 32.3 Å². The largest absolute Gasteiger partial charge is 0.465 e. The van der Waals surface area contributed by atoms with Gasteiger partial charge in [0.25, 0.3) is 0 Å². The molecule has 0 saturated carbocycles. The predicted molar refractivity (Wildman–Crippen MR) is 73.6 cm³/mol. The Morgan fingerprint density at radius 3 is 2.95 bits per heavy atom. The number of rotatable bonds is 5. The Balaban J connectivity index is 1.72. The van der Waals surface area contributed by atoms with E-state index >= 15 is 0 Å². The van der Waals surface area contributed by atoms with Crippen LogP contribution in [0, 0.1) is 0 Å². The summed E-state index contributed by atoms with van der Waals surface area (Å²) in [5, 5.41) is 0. The Bertz CT molecular complexity index is 403. The maximum Gasteiger partial charge on any atom is 0.331 e. The normalized spacial score (nSPS) is 17.9. The van der Waals surface area contributed by atoms with Crippen LogP contribution in [0.4, 0.5) is 0 Å². The molecule has 0 amide bonds. The maximum absolute atomic E-state index is 11.6. The molecule has 1 fully saturated rings. The van der Waals surface area contributed by atoms with Crippen molar-refractivity contribution in [3.8, 4) is 0 Å². The average Bonchev–Trinajstić information content (AvgIpc) is 2.92. The third-order valence-corrected chi connectivity index (χ3v) is 3.28. The number of hydrogen-bond acceptors (Lipinski definition) is 4. The molecular formula is C15H21NO3. The van der Waals surface area contributed by atoms with Crippen molar-refractivity contribution in [3.63, 3.8) is 0 Å². The standard InChI is InChI=1S/C15H21NO3/c1-2-9-16-10-7-14(8-11-16)19-15(17)6-5-13-4-3-12-18-13/h3-6,12,14H,2,7-11H2,1H3/b6-5+. The monoisotopic (exact) mass is 263 g/mol. The van der Waals surface area contributed by atoms with Crippen molar-refractivity contribution < 1.29 is 13.9 Å². The van der Waals surface area contributed by atoms with E-state index in [-0.39, 0.29) is 12.1 Å². The fraction of sp³-hybridized carbons (Fsp3) is 0.533. The lowest BCUT2D eigenvalue weighted by Crippen LogP contribution is -2.38. The molecule has 1 saturated heterocycles. The molecule has 104 valence electrons. The molecule has 0 aliphatic carbocycles.